The first kappa shape index (κ1) is 73.9. The van der Waals surface area contributed by atoms with E-state index in [1.165, 1.54) is 57.8 Å². The monoisotopic (exact) mass is 1110 g/mol. The number of phosphoric ester groups is 1. The molecule has 0 aromatic rings. The molecule has 11 nitrogen and oxygen atoms in total. The molecule has 3 atom stereocenters. The zero-order valence-corrected chi connectivity index (χ0v) is 50.0. The minimum atomic E-state index is -4.79. The van der Waals surface area contributed by atoms with E-state index < -0.39 is 57.8 Å². The van der Waals surface area contributed by atoms with E-state index in [9.17, 15) is 28.9 Å². The SMILES string of the molecule is CC/C=C\C/C=C\C/C=C\C/C=C\C/C=C\CC(=O)OC(CO)COP(=O)(O)OCC(COC(=O)CCCCCCCC/C=C\C/C=C\C/C=C\C/C=C\CC)OC(=O)CCCCCCCCC/C=C\CCCCCCCC. The quantitative estimate of drug-likeness (QED) is 0.0197. The first-order valence-corrected chi connectivity index (χ1v) is 31.9. The highest BCUT2D eigenvalue weighted by atomic mass is 31.2. The van der Waals surface area contributed by atoms with Crippen LogP contribution in [0.15, 0.2) is 122 Å². The number of ether oxygens (including phenoxy) is 3. The van der Waals surface area contributed by atoms with Crippen molar-refractivity contribution in [2.24, 2.45) is 0 Å². The van der Waals surface area contributed by atoms with Gasteiger partial charge in [0.15, 0.2) is 6.10 Å². The Balaban J connectivity index is 4.83. The molecule has 0 aliphatic heterocycles. The molecule has 0 aromatic carbocycles. The van der Waals surface area contributed by atoms with Gasteiger partial charge in [0.25, 0.3) is 0 Å². The summed E-state index contributed by atoms with van der Waals surface area (Å²) in [5.74, 6) is -1.63. The molecule has 0 saturated heterocycles. The summed E-state index contributed by atoms with van der Waals surface area (Å²) in [4.78, 5) is 48.6. The van der Waals surface area contributed by atoms with E-state index in [4.69, 9.17) is 23.3 Å². The zero-order valence-electron chi connectivity index (χ0n) is 49.1. The number of hydrogen-bond donors (Lipinski definition) is 2. The van der Waals surface area contributed by atoms with Crippen LogP contribution in [0.1, 0.15) is 239 Å². The number of aliphatic hydroxyl groups excluding tert-OH is 1. The molecule has 78 heavy (non-hydrogen) atoms. The highest BCUT2D eigenvalue weighted by Crippen LogP contribution is 2.43. The summed E-state index contributed by atoms with van der Waals surface area (Å²) in [5, 5.41) is 9.81. The lowest BCUT2D eigenvalue weighted by atomic mass is 10.1. The van der Waals surface area contributed by atoms with E-state index in [1.54, 1.807) is 6.08 Å². The van der Waals surface area contributed by atoms with Gasteiger partial charge in [-0.2, -0.15) is 0 Å². The van der Waals surface area contributed by atoms with Gasteiger partial charge in [0.05, 0.1) is 26.2 Å². The number of carbonyl (C=O) groups is 3. The second-order valence-electron chi connectivity index (χ2n) is 19.8. The van der Waals surface area contributed by atoms with Crippen molar-refractivity contribution in [3.05, 3.63) is 122 Å². The molecule has 2 N–H and O–H groups in total. The van der Waals surface area contributed by atoms with Crippen molar-refractivity contribution in [3.63, 3.8) is 0 Å². The van der Waals surface area contributed by atoms with Crippen LogP contribution in [0.4, 0.5) is 0 Å². The third-order valence-corrected chi connectivity index (χ3v) is 13.3. The molecule has 0 aromatic heterocycles. The fraction of sp³-hybridized carbons (Fsp3) is 0.652. The van der Waals surface area contributed by atoms with Crippen LogP contribution in [0.3, 0.4) is 0 Å². The maximum atomic E-state index is 12.9. The van der Waals surface area contributed by atoms with Crippen molar-refractivity contribution >= 4 is 25.7 Å². The Bertz CT molecular complexity index is 1770. The van der Waals surface area contributed by atoms with Crippen LogP contribution < -0.4 is 0 Å². The Labute approximate surface area is 475 Å². The third kappa shape index (κ3) is 56.6. The molecule has 0 spiro atoms. The molecule has 0 aliphatic carbocycles. The van der Waals surface area contributed by atoms with Crippen LogP contribution in [-0.2, 0) is 42.2 Å². The van der Waals surface area contributed by atoms with Crippen LogP contribution in [0.5, 0.6) is 0 Å². The fourth-order valence-electron chi connectivity index (χ4n) is 7.83. The van der Waals surface area contributed by atoms with Gasteiger partial charge >= 0.3 is 25.7 Å². The van der Waals surface area contributed by atoms with Gasteiger partial charge in [0.1, 0.15) is 12.7 Å². The van der Waals surface area contributed by atoms with Crippen LogP contribution in [-0.4, -0.2) is 66.5 Å². The summed E-state index contributed by atoms with van der Waals surface area (Å²) in [6, 6.07) is 0. The van der Waals surface area contributed by atoms with E-state index in [1.807, 2.05) is 18.2 Å². The number of phosphoric acid groups is 1. The normalized spacial score (nSPS) is 14.2. The summed E-state index contributed by atoms with van der Waals surface area (Å²) in [6.45, 7) is 4.29. The maximum Gasteiger partial charge on any atom is 0.472 e. The molecular formula is C66H109O11P. The Morgan fingerprint density at radius 1 is 0.385 bits per heavy atom. The number of aliphatic hydroxyl groups is 1. The smallest absolute Gasteiger partial charge is 0.462 e. The van der Waals surface area contributed by atoms with Crippen molar-refractivity contribution in [1.29, 1.82) is 0 Å². The molecule has 0 saturated carbocycles. The van der Waals surface area contributed by atoms with Crippen molar-refractivity contribution < 1.29 is 52.2 Å². The molecule has 0 heterocycles. The van der Waals surface area contributed by atoms with Gasteiger partial charge in [-0.1, -0.05) is 232 Å². The number of carbonyl (C=O) groups excluding carboxylic acids is 3. The average molecular weight is 1110 g/mol. The van der Waals surface area contributed by atoms with E-state index in [0.29, 0.717) is 19.3 Å². The van der Waals surface area contributed by atoms with Crippen LogP contribution in [0, 0.1) is 0 Å². The molecule has 3 unspecified atom stereocenters. The minimum absolute atomic E-state index is 0.0612. The molecule has 444 valence electrons. The molecule has 0 rings (SSSR count). The highest BCUT2D eigenvalue weighted by molar-refractivity contribution is 7.47. The van der Waals surface area contributed by atoms with Crippen molar-refractivity contribution in [2.45, 2.75) is 251 Å². The first-order valence-electron chi connectivity index (χ1n) is 30.4. The van der Waals surface area contributed by atoms with E-state index >= 15 is 0 Å². The topological polar surface area (TPSA) is 155 Å². The minimum Gasteiger partial charge on any atom is -0.462 e. The molecule has 0 radical (unpaired) electrons. The van der Waals surface area contributed by atoms with E-state index in [-0.39, 0.29) is 25.9 Å². The van der Waals surface area contributed by atoms with Gasteiger partial charge < -0.3 is 24.2 Å². The zero-order chi connectivity index (χ0) is 56.9. The lowest BCUT2D eigenvalue weighted by molar-refractivity contribution is -0.161. The van der Waals surface area contributed by atoms with Gasteiger partial charge in [0.2, 0.25) is 0 Å². The number of allylic oxidation sites excluding steroid dienone is 19. The molecule has 0 aliphatic rings. The van der Waals surface area contributed by atoms with Crippen LogP contribution in [0.25, 0.3) is 0 Å². The molecule has 0 bridgehead atoms. The van der Waals surface area contributed by atoms with Crippen LogP contribution in [0.2, 0.25) is 0 Å². The van der Waals surface area contributed by atoms with Crippen molar-refractivity contribution in [3.8, 4) is 0 Å². The summed E-state index contributed by atoms with van der Waals surface area (Å²) >= 11 is 0. The highest BCUT2D eigenvalue weighted by Gasteiger charge is 2.28. The predicted octanol–water partition coefficient (Wildman–Crippen LogP) is 18.4. The lowest BCUT2D eigenvalue weighted by Gasteiger charge is -2.21. The Morgan fingerprint density at radius 3 is 1.14 bits per heavy atom. The van der Waals surface area contributed by atoms with Gasteiger partial charge in [-0.15, -0.1) is 0 Å². The Hall–Kier alpha value is -4.12. The number of unbranched alkanes of at least 4 members (excludes halogenated alkanes) is 19. The van der Waals surface area contributed by atoms with E-state index in [0.717, 1.165) is 122 Å². The fourth-order valence-corrected chi connectivity index (χ4v) is 8.61. The Morgan fingerprint density at radius 2 is 0.718 bits per heavy atom. The molecule has 0 fully saturated rings. The summed E-state index contributed by atoms with van der Waals surface area (Å²) in [7, 11) is -4.79. The standard InChI is InChI=1S/C66H109O11P/c1-4-7-10-13-16-19-22-25-28-30-31-33-35-37-40-43-46-49-52-55-64(68)73-59-63(77-66(70)57-54-51-48-45-42-39-36-32-29-26-23-20-17-14-11-8-5-2)61-75-78(71,72)74-60-62(58-67)76-65(69)56-53-50-47-44-41-38-34-27-24-21-18-15-12-9-6-3/h7,9-10,12,16,18-19,21,25-29,31,33-34,41,44,50,53,62-63,67H,4-6,8,11,13-15,17,20,22-24,30,32,35-40,42-43,45-49,51-52,54-61H2,1-3H3,(H,71,72)/b10-7-,12-9-,19-16-,21-18-,28-25-,29-26-,33-31-,34-27-,44-41-,53-50-. The maximum absolute atomic E-state index is 12.9. The molecule has 0 amide bonds. The lowest BCUT2D eigenvalue weighted by Crippen LogP contribution is -2.30. The molecule has 12 heteroatoms. The predicted molar refractivity (Wildman–Crippen MR) is 325 cm³/mol. The van der Waals surface area contributed by atoms with Crippen molar-refractivity contribution in [2.75, 3.05) is 26.4 Å². The van der Waals surface area contributed by atoms with Gasteiger partial charge in [-0.05, 0) is 109 Å². The van der Waals surface area contributed by atoms with Gasteiger partial charge in [-0.3, -0.25) is 23.4 Å². The number of esters is 3. The molecular weight excluding hydrogens is 1000 g/mol. The van der Waals surface area contributed by atoms with E-state index in [2.05, 4.69) is 118 Å². The van der Waals surface area contributed by atoms with Crippen LogP contribution >= 0.6 is 7.82 Å². The number of hydrogen-bond acceptors (Lipinski definition) is 10. The van der Waals surface area contributed by atoms with Gasteiger partial charge in [-0.25, -0.2) is 4.57 Å². The Kier molecular flexibility index (Phi) is 55.9. The summed E-state index contributed by atoms with van der Waals surface area (Å²) in [5.41, 5.74) is 0. The second-order valence-corrected chi connectivity index (χ2v) is 21.2. The second kappa shape index (κ2) is 59.0. The summed E-state index contributed by atoms with van der Waals surface area (Å²) in [6.07, 6.45) is 73.2. The largest absolute Gasteiger partial charge is 0.472 e. The summed E-state index contributed by atoms with van der Waals surface area (Å²) < 4.78 is 39.5. The van der Waals surface area contributed by atoms with Crippen molar-refractivity contribution in [1.82, 2.24) is 0 Å². The average Bonchev–Trinajstić information content (AvgIpc) is 3.43. The third-order valence-electron chi connectivity index (χ3n) is 12.4. The number of rotatable bonds is 55. The first-order chi connectivity index (χ1) is 38.2. The van der Waals surface area contributed by atoms with Gasteiger partial charge in [0, 0.05) is 12.8 Å².